The van der Waals surface area contributed by atoms with E-state index < -0.39 is 0 Å². The van der Waals surface area contributed by atoms with Crippen LogP contribution in [0.1, 0.15) is 12.8 Å². The third-order valence-electron chi connectivity index (χ3n) is 2.74. The first-order chi connectivity index (χ1) is 9.56. The summed E-state index contributed by atoms with van der Waals surface area (Å²) in [6.07, 6.45) is 2.08. The summed E-state index contributed by atoms with van der Waals surface area (Å²) in [6.45, 7) is 0.125. The standard InChI is InChI=1S/C13H15Cl2N3O2/c14-9-2-1-3-10(15)13(9)18-12(20)7-16-6-11(19)17-8-4-5-8/h1-3,8,16H,4-7H2,(H,17,19)(H,18,20). The molecule has 0 saturated heterocycles. The molecular formula is C13H15Cl2N3O2. The highest BCUT2D eigenvalue weighted by atomic mass is 35.5. The fourth-order valence-corrected chi connectivity index (χ4v) is 2.09. The predicted octanol–water partition coefficient (Wildman–Crippen LogP) is 1.80. The molecule has 5 nitrogen and oxygen atoms in total. The molecule has 3 N–H and O–H groups in total. The van der Waals surface area contributed by atoms with Crippen LogP contribution in [0.25, 0.3) is 0 Å². The van der Waals surface area contributed by atoms with Gasteiger partial charge < -0.3 is 10.6 Å². The SMILES string of the molecule is O=C(CNCC(=O)NC1CC1)Nc1c(Cl)cccc1Cl. The molecule has 108 valence electrons. The second kappa shape index (κ2) is 6.92. The van der Waals surface area contributed by atoms with E-state index in [4.69, 9.17) is 23.2 Å². The fourth-order valence-electron chi connectivity index (χ4n) is 1.60. The van der Waals surface area contributed by atoms with Gasteiger partial charge in [0, 0.05) is 6.04 Å². The number of amides is 2. The second-order valence-corrected chi connectivity index (χ2v) is 5.40. The molecule has 0 atom stereocenters. The molecule has 1 aliphatic rings. The summed E-state index contributed by atoms with van der Waals surface area (Å²) in [4.78, 5) is 23.1. The fraction of sp³-hybridized carbons (Fsp3) is 0.385. The number of carbonyl (C=O) groups excluding carboxylic acids is 2. The van der Waals surface area contributed by atoms with Crippen molar-refractivity contribution in [2.24, 2.45) is 0 Å². The Bertz CT molecular complexity index is 498. The van der Waals surface area contributed by atoms with E-state index in [-0.39, 0.29) is 24.9 Å². The number of anilines is 1. The molecule has 1 aromatic carbocycles. The van der Waals surface area contributed by atoms with Crippen LogP contribution in [-0.2, 0) is 9.59 Å². The first-order valence-electron chi connectivity index (χ1n) is 6.30. The van der Waals surface area contributed by atoms with Gasteiger partial charge in [0.1, 0.15) is 0 Å². The largest absolute Gasteiger partial charge is 0.352 e. The number of hydrogen-bond donors (Lipinski definition) is 3. The lowest BCUT2D eigenvalue weighted by atomic mass is 10.3. The topological polar surface area (TPSA) is 70.2 Å². The lowest BCUT2D eigenvalue weighted by Crippen LogP contribution is -2.38. The summed E-state index contributed by atoms with van der Waals surface area (Å²) in [6, 6.07) is 5.29. The zero-order valence-electron chi connectivity index (χ0n) is 10.7. The van der Waals surface area contributed by atoms with E-state index in [0.717, 1.165) is 12.8 Å². The molecule has 0 spiro atoms. The van der Waals surface area contributed by atoms with Crippen LogP contribution in [0.15, 0.2) is 18.2 Å². The van der Waals surface area contributed by atoms with Crippen molar-refractivity contribution in [3.05, 3.63) is 28.2 Å². The van der Waals surface area contributed by atoms with E-state index in [0.29, 0.717) is 21.8 Å². The van der Waals surface area contributed by atoms with Crippen molar-refractivity contribution in [1.29, 1.82) is 0 Å². The maximum atomic E-state index is 11.7. The van der Waals surface area contributed by atoms with Gasteiger partial charge >= 0.3 is 0 Å². The lowest BCUT2D eigenvalue weighted by Gasteiger charge is -2.09. The summed E-state index contributed by atoms with van der Waals surface area (Å²) in [5.41, 5.74) is 0.380. The Kier molecular flexibility index (Phi) is 5.23. The monoisotopic (exact) mass is 315 g/mol. The van der Waals surface area contributed by atoms with Gasteiger partial charge in [-0.2, -0.15) is 0 Å². The van der Waals surface area contributed by atoms with Gasteiger partial charge in [0.2, 0.25) is 11.8 Å². The number of nitrogens with one attached hydrogen (secondary N) is 3. The molecule has 1 aliphatic carbocycles. The first-order valence-corrected chi connectivity index (χ1v) is 7.06. The van der Waals surface area contributed by atoms with Crippen molar-refractivity contribution in [3.8, 4) is 0 Å². The van der Waals surface area contributed by atoms with Crippen LogP contribution in [-0.4, -0.2) is 30.9 Å². The van der Waals surface area contributed by atoms with Crippen molar-refractivity contribution in [2.75, 3.05) is 18.4 Å². The molecule has 0 radical (unpaired) electrons. The molecule has 7 heteroatoms. The molecule has 20 heavy (non-hydrogen) atoms. The van der Waals surface area contributed by atoms with Crippen molar-refractivity contribution in [1.82, 2.24) is 10.6 Å². The Morgan fingerprint density at radius 2 is 1.70 bits per heavy atom. The summed E-state index contributed by atoms with van der Waals surface area (Å²) < 4.78 is 0. The highest BCUT2D eigenvalue weighted by Crippen LogP contribution is 2.29. The third kappa shape index (κ3) is 4.67. The van der Waals surface area contributed by atoms with E-state index in [1.165, 1.54) is 0 Å². The Labute approximate surface area is 127 Å². The van der Waals surface area contributed by atoms with Crippen molar-refractivity contribution >= 4 is 40.7 Å². The average molecular weight is 316 g/mol. The molecule has 2 rings (SSSR count). The number of para-hydroxylation sites is 1. The Morgan fingerprint density at radius 1 is 1.10 bits per heavy atom. The van der Waals surface area contributed by atoms with Crippen LogP contribution < -0.4 is 16.0 Å². The van der Waals surface area contributed by atoms with Crippen LogP contribution in [0.5, 0.6) is 0 Å². The van der Waals surface area contributed by atoms with Gasteiger partial charge in [0.05, 0.1) is 28.8 Å². The molecule has 0 aromatic heterocycles. The van der Waals surface area contributed by atoms with Crippen LogP contribution in [0.2, 0.25) is 10.0 Å². The van der Waals surface area contributed by atoms with Crippen molar-refractivity contribution in [3.63, 3.8) is 0 Å². The van der Waals surface area contributed by atoms with Crippen LogP contribution in [0, 0.1) is 0 Å². The summed E-state index contributed by atoms with van der Waals surface area (Å²) in [7, 11) is 0. The van der Waals surface area contributed by atoms with E-state index in [2.05, 4.69) is 16.0 Å². The van der Waals surface area contributed by atoms with Crippen molar-refractivity contribution < 1.29 is 9.59 Å². The van der Waals surface area contributed by atoms with Gasteiger partial charge in [-0.15, -0.1) is 0 Å². The zero-order chi connectivity index (χ0) is 14.5. The summed E-state index contributed by atoms with van der Waals surface area (Å²) in [5.74, 6) is -0.407. The Morgan fingerprint density at radius 3 is 2.30 bits per heavy atom. The number of carbonyl (C=O) groups is 2. The molecule has 0 aliphatic heterocycles. The maximum absolute atomic E-state index is 11.7. The lowest BCUT2D eigenvalue weighted by molar-refractivity contribution is -0.120. The third-order valence-corrected chi connectivity index (χ3v) is 3.37. The highest BCUT2D eigenvalue weighted by Gasteiger charge is 2.22. The van der Waals surface area contributed by atoms with Crippen LogP contribution in [0.3, 0.4) is 0 Å². The van der Waals surface area contributed by atoms with E-state index in [1.54, 1.807) is 18.2 Å². The molecule has 0 unspecified atom stereocenters. The first kappa shape index (κ1) is 15.1. The minimum atomic E-state index is -0.306. The van der Waals surface area contributed by atoms with Gasteiger partial charge in [0.15, 0.2) is 0 Å². The number of hydrogen-bond acceptors (Lipinski definition) is 3. The predicted molar refractivity (Wildman–Crippen MR) is 79.1 cm³/mol. The minimum absolute atomic E-state index is 0.0135. The maximum Gasteiger partial charge on any atom is 0.238 e. The van der Waals surface area contributed by atoms with Gasteiger partial charge in [-0.3, -0.25) is 14.9 Å². The van der Waals surface area contributed by atoms with E-state index in [9.17, 15) is 9.59 Å². The van der Waals surface area contributed by atoms with E-state index >= 15 is 0 Å². The number of benzene rings is 1. The molecule has 1 aromatic rings. The van der Waals surface area contributed by atoms with Gasteiger partial charge in [-0.1, -0.05) is 29.3 Å². The summed E-state index contributed by atoms with van der Waals surface area (Å²) >= 11 is 11.9. The Balaban J connectivity index is 1.73. The second-order valence-electron chi connectivity index (χ2n) is 4.59. The van der Waals surface area contributed by atoms with Crippen LogP contribution in [0.4, 0.5) is 5.69 Å². The Hall–Kier alpha value is -1.30. The minimum Gasteiger partial charge on any atom is -0.352 e. The molecule has 0 heterocycles. The molecule has 0 bridgehead atoms. The molecular weight excluding hydrogens is 301 g/mol. The smallest absolute Gasteiger partial charge is 0.238 e. The van der Waals surface area contributed by atoms with Crippen molar-refractivity contribution in [2.45, 2.75) is 18.9 Å². The number of halogens is 2. The van der Waals surface area contributed by atoms with E-state index in [1.807, 2.05) is 0 Å². The summed E-state index contributed by atoms with van der Waals surface area (Å²) in [5, 5.41) is 8.94. The number of rotatable bonds is 6. The molecule has 1 fully saturated rings. The van der Waals surface area contributed by atoms with Crippen LogP contribution >= 0.6 is 23.2 Å². The normalized spacial score (nSPS) is 13.9. The zero-order valence-corrected chi connectivity index (χ0v) is 12.2. The molecule has 1 saturated carbocycles. The average Bonchev–Trinajstić information content (AvgIpc) is 3.18. The van der Waals surface area contributed by atoms with Gasteiger partial charge in [-0.05, 0) is 25.0 Å². The highest BCUT2D eigenvalue weighted by molar-refractivity contribution is 6.39. The quantitative estimate of drug-likeness (QED) is 0.749. The van der Waals surface area contributed by atoms with Gasteiger partial charge in [0.25, 0.3) is 0 Å². The van der Waals surface area contributed by atoms with Gasteiger partial charge in [-0.25, -0.2) is 0 Å². The molecule has 2 amide bonds.